The zero-order valence-electron chi connectivity index (χ0n) is 17.4. The van der Waals surface area contributed by atoms with Crippen LogP contribution in [0.1, 0.15) is 41.2 Å². The van der Waals surface area contributed by atoms with Crippen molar-refractivity contribution in [2.45, 2.75) is 32.6 Å². The monoisotopic (exact) mass is 460 g/mol. The van der Waals surface area contributed by atoms with Gasteiger partial charge < -0.3 is 0 Å². The van der Waals surface area contributed by atoms with Crippen molar-refractivity contribution in [1.29, 1.82) is 0 Å². The number of nitrogens with one attached hydrogen (secondary N) is 1. The van der Waals surface area contributed by atoms with Crippen LogP contribution in [0.3, 0.4) is 0 Å². The van der Waals surface area contributed by atoms with Crippen LogP contribution in [0.2, 0.25) is 0 Å². The Morgan fingerprint density at radius 1 is 0.967 bits per heavy atom. The number of carbonyl (C=O) groups excluding carboxylic acids is 1. The molecule has 152 valence electrons. The topological polar surface area (TPSA) is 41.5 Å². The summed E-state index contributed by atoms with van der Waals surface area (Å²) in [6, 6.07) is 25.0. The molecule has 0 spiro atoms. The maximum Gasteiger partial charge on any atom is 0.244 e. The van der Waals surface area contributed by atoms with Crippen LogP contribution in [0.15, 0.2) is 82.4 Å². The van der Waals surface area contributed by atoms with Crippen molar-refractivity contribution >= 4 is 27.5 Å². The molecule has 3 aromatic carbocycles. The molecule has 1 aliphatic carbocycles. The molecule has 1 fully saturated rings. The lowest BCUT2D eigenvalue weighted by Gasteiger charge is -2.19. The van der Waals surface area contributed by atoms with Crippen molar-refractivity contribution in [2.24, 2.45) is 11.0 Å². The minimum Gasteiger partial charge on any atom is -0.273 e. The molecule has 30 heavy (non-hydrogen) atoms. The fourth-order valence-corrected chi connectivity index (χ4v) is 4.48. The van der Waals surface area contributed by atoms with Crippen molar-refractivity contribution < 1.29 is 4.79 Å². The summed E-state index contributed by atoms with van der Waals surface area (Å²) in [5, 5.41) is 4.37. The Labute approximate surface area is 186 Å². The van der Waals surface area contributed by atoms with E-state index in [0.717, 1.165) is 22.2 Å². The van der Waals surface area contributed by atoms with E-state index in [4.69, 9.17) is 0 Å². The molecular weight excluding hydrogens is 436 g/mol. The molecule has 4 heteroatoms. The van der Waals surface area contributed by atoms with Crippen molar-refractivity contribution in [3.63, 3.8) is 0 Å². The van der Waals surface area contributed by atoms with Gasteiger partial charge in [-0.05, 0) is 56.0 Å². The number of aryl methyl sites for hydroxylation is 2. The molecule has 4 rings (SSSR count). The maximum atomic E-state index is 13.1. The van der Waals surface area contributed by atoms with E-state index >= 15 is 0 Å². The lowest BCUT2D eigenvalue weighted by atomic mass is 9.85. The summed E-state index contributed by atoms with van der Waals surface area (Å²) in [5.74, 6) is -0.174. The van der Waals surface area contributed by atoms with Gasteiger partial charge in [0.15, 0.2) is 0 Å². The Hall–Kier alpha value is -2.72. The fraction of sp³-hybridized carbons (Fsp3) is 0.231. The van der Waals surface area contributed by atoms with Crippen molar-refractivity contribution in [2.75, 3.05) is 0 Å². The minimum atomic E-state index is -0.287. The normalized spacial score (nSPS) is 17.5. The van der Waals surface area contributed by atoms with Gasteiger partial charge in [0.1, 0.15) is 0 Å². The highest BCUT2D eigenvalue weighted by atomic mass is 79.9. The van der Waals surface area contributed by atoms with Gasteiger partial charge in [0.25, 0.3) is 0 Å². The molecule has 1 aliphatic rings. The van der Waals surface area contributed by atoms with Gasteiger partial charge in [-0.2, -0.15) is 5.10 Å². The average Bonchev–Trinajstić information content (AvgIpc) is 3.49. The first kappa shape index (κ1) is 20.5. The number of amides is 1. The van der Waals surface area contributed by atoms with E-state index in [0.29, 0.717) is 0 Å². The third kappa shape index (κ3) is 3.97. The molecule has 0 saturated heterocycles. The molecule has 0 aromatic heterocycles. The van der Waals surface area contributed by atoms with E-state index in [-0.39, 0.29) is 17.2 Å². The van der Waals surface area contributed by atoms with Crippen LogP contribution < -0.4 is 5.43 Å². The van der Waals surface area contributed by atoms with Crippen molar-refractivity contribution in [1.82, 2.24) is 5.43 Å². The first-order valence-electron chi connectivity index (χ1n) is 10.1. The average molecular weight is 461 g/mol. The number of benzene rings is 3. The Kier molecular flexibility index (Phi) is 5.61. The summed E-state index contributed by atoms with van der Waals surface area (Å²) in [6.07, 6.45) is 0.788. The fourth-order valence-electron chi connectivity index (χ4n) is 4.08. The molecule has 0 radical (unpaired) electrons. The summed E-state index contributed by atoms with van der Waals surface area (Å²) in [6.45, 7) is 6.07. The second kappa shape index (κ2) is 8.19. The second-order valence-electron chi connectivity index (χ2n) is 8.14. The van der Waals surface area contributed by atoms with E-state index in [1.165, 1.54) is 22.3 Å². The van der Waals surface area contributed by atoms with Gasteiger partial charge in [-0.25, -0.2) is 5.43 Å². The van der Waals surface area contributed by atoms with Crippen LogP contribution in [0.25, 0.3) is 0 Å². The molecule has 1 saturated carbocycles. The van der Waals surface area contributed by atoms with E-state index in [9.17, 15) is 4.79 Å². The predicted octanol–water partition coefficient (Wildman–Crippen LogP) is 5.91. The van der Waals surface area contributed by atoms with Gasteiger partial charge in [-0.15, -0.1) is 0 Å². The summed E-state index contributed by atoms with van der Waals surface area (Å²) in [5.41, 5.74) is 9.08. The number of hydrogen-bond donors (Lipinski definition) is 1. The highest BCUT2D eigenvalue weighted by molar-refractivity contribution is 9.10. The second-order valence-corrected chi connectivity index (χ2v) is 9.06. The Bertz CT molecular complexity index is 1060. The van der Waals surface area contributed by atoms with Gasteiger partial charge in [-0.3, -0.25) is 4.79 Å². The molecule has 3 aromatic rings. The molecular formula is C26H25BrN2O. The number of hydrogen-bond acceptors (Lipinski definition) is 2. The number of rotatable bonds is 5. The summed E-state index contributed by atoms with van der Waals surface area (Å²) in [7, 11) is 0. The summed E-state index contributed by atoms with van der Waals surface area (Å²) >= 11 is 3.48. The van der Waals surface area contributed by atoms with Gasteiger partial charge in [0, 0.05) is 9.89 Å². The molecule has 1 atom stereocenters. The van der Waals surface area contributed by atoms with Crippen LogP contribution in [0.5, 0.6) is 0 Å². The number of hydrazone groups is 1. The predicted molar refractivity (Wildman–Crippen MR) is 126 cm³/mol. The zero-order valence-corrected chi connectivity index (χ0v) is 19.0. The van der Waals surface area contributed by atoms with Gasteiger partial charge >= 0.3 is 0 Å². The van der Waals surface area contributed by atoms with Crippen LogP contribution in [0.4, 0.5) is 0 Å². The molecule has 0 aliphatic heterocycles. The molecule has 0 unspecified atom stereocenters. The van der Waals surface area contributed by atoms with Gasteiger partial charge in [0.05, 0.1) is 11.6 Å². The van der Waals surface area contributed by atoms with E-state index in [1.807, 2.05) is 31.2 Å². The highest BCUT2D eigenvalue weighted by Gasteiger charge is 2.60. The SMILES string of the molecule is C/C(=N/NC(=O)[C@H]1CC1(c1ccc(C)cc1)c1ccc(C)cc1)c1cccc(Br)c1. The third-order valence-corrected chi connectivity index (χ3v) is 6.48. The largest absolute Gasteiger partial charge is 0.273 e. The smallest absolute Gasteiger partial charge is 0.244 e. The minimum absolute atomic E-state index is 0.0366. The summed E-state index contributed by atoms with van der Waals surface area (Å²) < 4.78 is 0.987. The standard InChI is InChI=1S/C26H25BrN2O/c1-17-7-11-21(12-8-17)26(22-13-9-18(2)10-14-22)16-24(26)25(30)29-28-19(3)20-5-4-6-23(27)15-20/h4-15,24H,16H2,1-3H3,(H,29,30)/b28-19-/t24-/m1/s1. The number of halogens is 1. The number of carbonyl (C=O) groups is 1. The highest BCUT2D eigenvalue weighted by Crippen LogP contribution is 2.59. The van der Waals surface area contributed by atoms with E-state index in [2.05, 4.69) is 88.8 Å². The molecule has 1 amide bonds. The van der Waals surface area contributed by atoms with Gasteiger partial charge in [-0.1, -0.05) is 87.7 Å². The maximum absolute atomic E-state index is 13.1. The van der Waals surface area contributed by atoms with Crippen LogP contribution in [-0.4, -0.2) is 11.6 Å². The lowest BCUT2D eigenvalue weighted by molar-refractivity contribution is -0.122. The zero-order chi connectivity index (χ0) is 21.3. The first-order valence-corrected chi connectivity index (χ1v) is 10.9. The summed E-state index contributed by atoms with van der Waals surface area (Å²) in [4.78, 5) is 13.1. The van der Waals surface area contributed by atoms with Crippen LogP contribution >= 0.6 is 15.9 Å². The molecule has 1 N–H and O–H groups in total. The Morgan fingerprint density at radius 3 is 2.07 bits per heavy atom. The molecule has 3 nitrogen and oxygen atoms in total. The van der Waals surface area contributed by atoms with Gasteiger partial charge in [0.2, 0.25) is 5.91 Å². The molecule has 0 heterocycles. The quantitative estimate of drug-likeness (QED) is 0.372. The van der Waals surface area contributed by atoms with Crippen molar-refractivity contribution in [3.05, 3.63) is 105 Å². The van der Waals surface area contributed by atoms with Crippen molar-refractivity contribution in [3.8, 4) is 0 Å². The lowest BCUT2D eigenvalue weighted by Crippen LogP contribution is -2.26. The first-order chi connectivity index (χ1) is 14.4. The van der Waals surface area contributed by atoms with Crippen LogP contribution in [-0.2, 0) is 10.2 Å². The Balaban J connectivity index is 1.60. The number of nitrogens with zero attached hydrogens (tertiary/aromatic N) is 1. The van der Waals surface area contributed by atoms with Crippen LogP contribution in [0, 0.1) is 19.8 Å². The molecule has 0 bridgehead atoms. The van der Waals surface area contributed by atoms with E-state index < -0.39 is 0 Å². The van der Waals surface area contributed by atoms with E-state index in [1.54, 1.807) is 0 Å². The Morgan fingerprint density at radius 2 is 1.53 bits per heavy atom. The third-order valence-electron chi connectivity index (χ3n) is 5.99.